The van der Waals surface area contributed by atoms with Gasteiger partial charge in [0.25, 0.3) is 0 Å². The van der Waals surface area contributed by atoms with Crippen LogP contribution >= 0.6 is 12.4 Å². The first-order valence-corrected chi connectivity index (χ1v) is 5.93. The molecule has 0 aromatic heterocycles. The summed E-state index contributed by atoms with van der Waals surface area (Å²) < 4.78 is 5.39. The number of amides is 1. The third-order valence-corrected chi connectivity index (χ3v) is 3.24. The van der Waals surface area contributed by atoms with Crippen molar-refractivity contribution in [2.45, 2.75) is 25.8 Å². The largest absolute Gasteiger partial charge is 0.414 e. The highest BCUT2D eigenvalue weighted by Gasteiger charge is 2.24. The fraction of sp³-hybridized carbons (Fsp3) is 0.462. The third-order valence-electron chi connectivity index (χ3n) is 3.24. The number of nitrogens with two attached hydrogens (primary N) is 1. The van der Waals surface area contributed by atoms with Crippen LogP contribution in [0.3, 0.4) is 0 Å². The van der Waals surface area contributed by atoms with Gasteiger partial charge in [-0.05, 0) is 31.4 Å². The Morgan fingerprint density at radius 3 is 2.94 bits per heavy atom. The molecule has 0 bridgehead atoms. The van der Waals surface area contributed by atoms with Crippen LogP contribution in [0.1, 0.15) is 30.5 Å². The van der Waals surface area contributed by atoms with E-state index in [0.717, 1.165) is 18.4 Å². The summed E-state index contributed by atoms with van der Waals surface area (Å²) in [6, 6.07) is 5.75. The Kier molecular flexibility index (Phi) is 4.99. The number of benzene rings is 1. The maximum Gasteiger partial charge on any atom is 0.414 e. The topological polar surface area (TPSA) is 55.6 Å². The highest BCUT2D eigenvalue weighted by molar-refractivity contribution is 5.85. The zero-order valence-corrected chi connectivity index (χ0v) is 11.5. The number of hydrogen-bond donors (Lipinski definition) is 1. The molecule has 1 aromatic rings. The normalized spacial score (nSPS) is 16.7. The average Bonchev–Trinajstić information content (AvgIpc) is 2.71. The van der Waals surface area contributed by atoms with Crippen molar-refractivity contribution >= 4 is 18.5 Å². The first-order valence-electron chi connectivity index (χ1n) is 5.93. The smallest absolute Gasteiger partial charge is 0.410 e. The summed E-state index contributed by atoms with van der Waals surface area (Å²) in [5.41, 5.74) is 8.21. The number of carbonyl (C=O) groups excluding carboxylic acids is 1. The van der Waals surface area contributed by atoms with E-state index < -0.39 is 0 Å². The predicted molar refractivity (Wildman–Crippen MR) is 73.3 cm³/mol. The molecule has 100 valence electrons. The summed E-state index contributed by atoms with van der Waals surface area (Å²) in [5, 5.41) is 0. The molecule has 0 heterocycles. The monoisotopic (exact) mass is 270 g/mol. The minimum absolute atomic E-state index is 0. The number of halogens is 1. The quantitative estimate of drug-likeness (QED) is 0.898. The average molecular weight is 271 g/mol. The molecule has 5 heteroatoms. The van der Waals surface area contributed by atoms with Crippen LogP contribution in [0.4, 0.5) is 4.79 Å². The third kappa shape index (κ3) is 2.76. The zero-order valence-electron chi connectivity index (χ0n) is 10.7. The molecule has 0 radical (unpaired) electrons. The molecule has 0 spiro atoms. The van der Waals surface area contributed by atoms with E-state index in [-0.39, 0.29) is 24.5 Å². The van der Waals surface area contributed by atoms with Crippen LogP contribution in [-0.2, 0) is 6.42 Å². The fourth-order valence-corrected chi connectivity index (χ4v) is 2.07. The van der Waals surface area contributed by atoms with Crippen LogP contribution in [0.15, 0.2) is 18.2 Å². The summed E-state index contributed by atoms with van der Waals surface area (Å²) in [6.45, 7) is 2.53. The van der Waals surface area contributed by atoms with E-state index in [4.69, 9.17) is 10.5 Å². The van der Waals surface area contributed by atoms with Gasteiger partial charge in [0.1, 0.15) is 5.75 Å². The molecule has 2 N–H and O–H groups in total. The first-order chi connectivity index (χ1) is 8.13. The molecule has 1 aromatic carbocycles. The van der Waals surface area contributed by atoms with E-state index in [0.29, 0.717) is 12.3 Å². The van der Waals surface area contributed by atoms with Crippen LogP contribution in [0.5, 0.6) is 5.75 Å². The van der Waals surface area contributed by atoms with Gasteiger partial charge in [0.2, 0.25) is 0 Å². The molecular formula is C13H19ClN2O2. The summed E-state index contributed by atoms with van der Waals surface area (Å²) >= 11 is 0. The number of hydrogen-bond acceptors (Lipinski definition) is 3. The second-order valence-electron chi connectivity index (χ2n) is 4.36. The highest BCUT2D eigenvalue weighted by atomic mass is 35.5. The molecule has 0 saturated heterocycles. The van der Waals surface area contributed by atoms with Gasteiger partial charge in [0, 0.05) is 25.2 Å². The molecule has 1 aliphatic carbocycles. The Labute approximate surface area is 114 Å². The minimum Gasteiger partial charge on any atom is -0.410 e. The molecule has 0 saturated carbocycles. The summed E-state index contributed by atoms with van der Waals surface area (Å²) in [5.74, 6) is 0.609. The lowest BCUT2D eigenvalue weighted by Gasteiger charge is -2.17. The fourth-order valence-electron chi connectivity index (χ4n) is 2.07. The molecule has 1 atom stereocenters. The number of ether oxygens (including phenoxy) is 1. The van der Waals surface area contributed by atoms with Crippen LogP contribution in [0.2, 0.25) is 0 Å². The first kappa shape index (κ1) is 14.8. The molecule has 4 nitrogen and oxygen atoms in total. The molecule has 1 unspecified atom stereocenters. The second kappa shape index (κ2) is 6.07. The predicted octanol–water partition coefficient (Wildman–Crippen LogP) is 2.50. The SMILES string of the molecule is CCN(C)C(=O)Oc1cccc2c1C(N)CC2.Cl. The van der Waals surface area contributed by atoms with E-state index in [1.54, 1.807) is 7.05 Å². The van der Waals surface area contributed by atoms with E-state index in [9.17, 15) is 4.79 Å². The van der Waals surface area contributed by atoms with E-state index >= 15 is 0 Å². The standard InChI is InChI=1S/C13H18N2O2.ClH/c1-3-15(2)13(16)17-11-6-4-5-9-7-8-10(14)12(9)11;/h4-6,10H,3,7-8,14H2,1-2H3;1H. The molecule has 0 aliphatic heterocycles. The van der Waals surface area contributed by atoms with Crippen molar-refractivity contribution in [2.24, 2.45) is 5.73 Å². The van der Waals surface area contributed by atoms with Gasteiger partial charge < -0.3 is 15.4 Å². The summed E-state index contributed by atoms with van der Waals surface area (Å²) in [4.78, 5) is 13.2. The molecular weight excluding hydrogens is 252 g/mol. The Morgan fingerprint density at radius 2 is 2.28 bits per heavy atom. The Hall–Kier alpha value is -1.26. The maximum absolute atomic E-state index is 11.7. The van der Waals surface area contributed by atoms with Gasteiger partial charge in [0.15, 0.2) is 0 Å². The van der Waals surface area contributed by atoms with Gasteiger partial charge in [-0.15, -0.1) is 12.4 Å². The van der Waals surface area contributed by atoms with Gasteiger partial charge in [-0.1, -0.05) is 12.1 Å². The van der Waals surface area contributed by atoms with Gasteiger partial charge in [0.05, 0.1) is 0 Å². The lowest BCUT2D eigenvalue weighted by molar-refractivity contribution is 0.164. The van der Waals surface area contributed by atoms with Gasteiger partial charge in [-0.2, -0.15) is 0 Å². The number of rotatable bonds is 2. The lowest BCUT2D eigenvalue weighted by Crippen LogP contribution is -2.29. The summed E-state index contributed by atoms with van der Waals surface area (Å²) in [7, 11) is 1.71. The second-order valence-corrected chi connectivity index (χ2v) is 4.36. The van der Waals surface area contributed by atoms with Crippen molar-refractivity contribution in [2.75, 3.05) is 13.6 Å². The van der Waals surface area contributed by atoms with E-state index in [1.807, 2.05) is 25.1 Å². The Bertz CT molecular complexity index is 437. The van der Waals surface area contributed by atoms with E-state index in [1.165, 1.54) is 10.5 Å². The van der Waals surface area contributed by atoms with Gasteiger partial charge in [-0.25, -0.2) is 4.79 Å². The van der Waals surface area contributed by atoms with Crippen LogP contribution in [-0.4, -0.2) is 24.6 Å². The molecule has 18 heavy (non-hydrogen) atoms. The van der Waals surface area contributed by atoms with Crippen molar-refractivity contribution in [1.82, 2.24) is 4.90 Å². The van der Waals surface area contributed by atoms with E-state index in [2.05, 4.69) is 0 Å². The van der Waals surface area contributed by atoms with Gasteiger partial charge >= 0.3 is 6.09 Å². The van der Waals surface area contributed by atoms with Crippen molar-refractivity contribution in [3.8, 4) is 5.75 Å². The van der Waals surface area contributed by atoms with Crippen LogP contribution in [0, 0.1) is 0 Å². The highest BCUT2D eigenvalue weighted by Crippen LogP contribution is 2.36. The Balaban J connectivity index is 0.00000162. The van der Waals surface area contributed by atoms with Crippen molar-refractivity contribution in [3.63, 3.8) is 0 Å². The molecule has 1 amide bonds. The number of fused-ring (bicyclic) bond motifs is 1. The van der Waals surface area contributed by atoms with Crippen molar-refractivity contribution in [1.29, 1.82) is 0 Å². The summed E-state index contributed by atoms with van der Waals surface area (Å²) in [6.07, 6.45) is 1.55. The zero-order chi connectivity index (χ0) is 12.4. The van der Waals surface area contributed by atoms with Gasteiger partial charge in [-0.3, -0.25) is 0 Å². The Morgan fingerprint density at radius 1 is 1.56 bits per heavy atom. The number of nitrogens with zero attached hydrogens (tertiary/aromatic N) is 1. The molecule has 2 rings (SSSR count). The van der Waals surface area contributed by atoms with Crippen molar-refractivity contribution in [3.05, 3.63) is 29.3 Å². The lowest BCUT2D eigenvalue weighted by atomic mass is 10.1. The van der Waals surface area contributed by atoms with Crippen LogP contribution in [0.25, 0.3) is 0 Å². The molecule has 1 aliphatic rings. The maximum atomic E-state index is 11.7. The number of aryl methyl sites for hydroxylation is 1. The minimum atomic E-state index is -0.333. The van der Waals surface area contributed by atoms with Crippen molar-refractivity contribution < 1.29 is 9.53 Å². The number of carbonyl (C=O) groups is 1. The molecule has 0 fully saturated rings. The van der Waals surface area contributed by atoms with Crippen LogP contribution < -0.4 is 10.5 Å².